The van der Waals surface area contributed by atoms with Crippen molar-refractivity contribution in [1.82, 2.24) is 4.98 Å². The maximum Gasteiger partial charge on any atom is 0.572 e. The van der Waals surface area contributed by atoms with Gasteiger partial charge >= 0.3 is 15.6 Å². The first-order chi connectivity index (χ1) is 16.9. The van der Waals surface area contributed by atoms with Gasteiger partial charge in [-0.25, -0.2) is 0 Å². The molecule has 0 bridgehead atoms. The van der Waals surface area contributed by atoms with Crippen molar-refractivity contribution in [3.63, 3.8) is 0 Å². The first-order valence-corrected chi connectivity index (χ1v) is 14.3. The van der Waals surface area contributed by atoms with E-state index in [0.29, 0.717) is 11.5 Å². The summed E-state index contributed by atoms with van der Waals surface area (Å²) < 4.78 is 81.5. The summed E-state index contributed by atoms with van der Waals surface area (Å²) in [5.74, 6) is 0.951. The fourth-order valence-electron chi connectivity index (χ4n) is 3.36. The van der Waals surface area contributed by atoms with Crippen LogP contribution in [-0.2, 0) is 10.1 Å². The van der Waals surface area contributed by atoms with Gasteiger partial charge in [0, 0.05) is 12.4 Å². The number of pyridine rings is 1. The SMILES string of the molecule is CC(C)(C)Oc1ccc(S([OH+]S(=O)(=O)C(F)(F)F)(c2ccc(OC(C)(C)C)cc2)c2cccnc2)cc1. The summed E-state index contributed by atoms with van der Waals surface area (Å²) in [4.78, 5) is 4.81. The Hall–Kier alpha value is -2.76. The monoisotopic (exact) mass is 558 g/mol. The molecular formula is C26H31F3NO5S2+. The fourth-order valence-corrected chi connectivity index (χ4v) is 8.28. The Morgan fingerprint density at radius 2 is 1.14 bits per heavy atom. The molecule has 202 valence electrons. The minimum Gasteiger partial charge on any atom is -0.488 e. The largest absolute Gasteiger partial charge is 0.572 e. The Labute approximate surface area is 217 Å². The Kier molecular flexibility index (Phi) is 7.93. The van der Waals surface area contributed by atoms with Gasteiger partial charge in [0.2, 0.25) is 0 Å². The normalized spacial score (nSPS) is 13.8. The van der Waals surface area contributed by atoms with E-state index in [1.807, 2.05) is 41.5 Å². The summed E-state index contributed by atoms with van der Waals surface area (Å²) >= 11 is 0. The molecule has 1 N–H and O–H groups in total. The number of rotatable bonds is 7. The highest BCUT2D eigenvalue weighted by Crippen LogP contribution is 2.69. The molecule has 6 nitrogen and oxygen atoms in total. The highest BCUT2D eigenvalue weighted by atomic mass is 32.3. The van der Waals surface area contributed by atoms with Crippen molar-refractivity contribution in [2.45, 2.75) is 72.9 Å². The lowest BCUT2D eigenvalue weighted by molar-refractivity contribution is -0.0540. The molecule has 0 radical (unpaired) electrons. The third kappa shape index (κ3) is 6.97. The highest BCUT2D eigenvalue weighted by molar-refractivity contribution is 8.32. The van der Waals surface area contributed by atoms with Crippen LogP contribution >= 0.6 is 10.3 Å². The maximum absolute atomic E-state index is 13.7. The zero-order chi connectivity index (χ0) is 27.7. The van der Waals surface area contributed by atoms with Crippen LogP contribution in [0.3, 0.4) is 0 Å². The summed E-state index contributed by atoms with van der Waals surface area (Å²) in [5, 5.41) is 0. The van der Waals surface area contributed by atoms with Gasteiger partial charge in [-0.3, -0.25) is 8.61 Å². The lowest BCUT2D eigenvalue weighted by Gasteiger charge is -2.35. The second kappa shape index (κ2) is 10.2. The number of hydrogen-bond donors (Lipinski definition) is 0. The van der Waals surface area contributed by atoms with Crippen LogP contribution in [0.15, 0.2) is 87.7 Å². The minimum atomic E-state index is -5.91. The van der Waals surface area contributed by atoms with E-state index in [1.54, 1.807) is 48.5 Å². The number of halogens is 3. The van der Waals surface area contributed by atoms with Gasteiger partial charge in [0.15, 0.2) is 0 Å². The third-order valence-electron chi connectivity index (χ3n) is 4.66. The summed E-state index contributed by atoms with van der Waals surface area (Å²) in [6.45, 7) is 11.2. The molecule has 2 aromatic carbocycles. The van der Waals surface area contributed by atoms with Crippen LogP contribution < -0.4 is 9.47 Å². The summed E-state index contributed by atoms with van der Waals surface area (Å²) in [6, 6.07) is 15.6. The summed E-state index contributed by atoms with van der Waals surface area (Å²) in [5.41, 5.74) is -6.61. The fraction of sp³-hybridized carbons (Fsp3) is 0.346. The molecule has 0 saturated heterocycles. The van der Waals surface area contributed by atoms with Gasteiger partial charge in [-0.2, -0.15) is 13.2 Å². The first-order valence-electron chi connectivity index (χ1n) is 11.3. The number of aromatic nitrogens is 1. The van der Waals surface area contributed by atoms with Crippen LogP contribution in [0.1, 0.15) is 41.5 Å². The van der Waals surface area contributed by atoms with Crippen LogP contribution in [0, 0.1) is 0 Å². The van der Waals surface area contributed by atoms with Gasteiger partial charge in [-0.1, -0.05) is 0 Å². The molecule has 0 atom stereocenters. The quantitative estimate of drug-likeness (QED) is 0.170. The molecule has 1 aromatic heterocycles. The van der Waals surface area contributed by atoms with Crippen LogP contribution in [0.5, 0.6) is 11.5 Å². The molecule has 37 heavy (non-hydrogen) atoms. The molecule has 0 aliphatic heterocycles. The van der Waals surface area contributed by atoms with Gasteiger partial charge in [0.25, 0.3) is 0 Å². The van der Waals surface area contributed by atoms with Crippen molar-refractivity contribution in [2.24, 2.45) is 0 Å². The van der Waals surface area contributed by atoms with Crippen molar-refractivity contribution in [3.8, 4) is 11.5 Å². The number of benzene rings is 2. The lowest BCUT2D eigenvalue weighted by atomic mass is 10.2. The molecule has 0 fully saturated rings. The van der Waals surface area contributed by atoms with E-state index in [1.165, 1.54) is 24.5 Å². The number of hydrogen-bond acceptors (Lipinski definition) is 5. The van der Waals surface area contributed by atoms with Crippen LogP contribution in [0.4, 0.5) is 13.2 Å². The molecule has 0 unspecified atom stereocenters. The molecule has 1 heterocycles. The standard InChI is InChI=1S/C26H30F3NO5S2/c1-24(2,3)33-19-9-13-21(14-10-19)36(23-8-7-17-30-18-23,35-37(31,32)26(27,28)29)22-15-11-20(12-16-22)34-25(4,5)6/h7-18H,1-6H3/p+1. The van der Waals surface area contributed by atoms with Crippen LogP contribution in [0.2, 0.25) is 0 Å². The van der Waals surface area contributed by atoms with Crippen molar-refractivity contribution < 1.29 is 34.7 Å². The van der Waals surface area contributed by atoms with Crippen molar-refractivity contribution >= 4 is 20.4 Å². The predicted molar refractivity (Wildman–Crippen MR) is 138 cm³/mol. The molecule has 0 aliphatic rings. The molecule has 3 rings (SSSR count). The highest BCUT2D eigenvalue weighted by Gasteiger charge is 2.58. The van der Waals surface area contributed by atoms with Crippen LogP contribution in [-0.4, -0.2) is 33.7 Å². The minimum absolute atomic E-state index is 0.219. The number of nitrogens with zero attached hydrogens (tertiary/aromatic N) is 1. The number of ether oxygens (including phenoxy) is 2. The van der Waals surface area contributed by atoms with Crippen molar-refractivity contribution in [2.75, 3.05) is 0 Å². The number of alkyl halides is 3. The Bertz CT molecular complexity index is 1240. The summed E-state index contributed by atoms with van der Waals surface area (Å²) in [7, 11) is -9.26. The molecular weight excluding hydrogens is 527 g/mol. The van der Waals surface area contributed by atoms with E-state index in [0.717, 1.165) is 0 Å². The average molecular weight is 559 g/mol. The van der Waals surface area contributed by atoms with Crippen molar-refractivity contribution in [1.29, 1.82) is 0 Å². The molecule has 0 spiro atoms. The Morgan fingerprint density at radius 3 is 1.46 bits per heavy atom. The van der Waals surface area contributed by atoms with Gasteiger partial charge in [0.1, 0.15) is 22.7 Å². The van der Waals surface area contributed by atoms with E-state index >= 15 is 0 Å². The van der Waals surface area contributed by atoms with E-state index < -0.39 is 37.1 Å². The molecule has 0 saturated carbocycles. The Morgan fingerprint density at radius 1 is 0.703 bits per heavy atom. The van der Waals surface area contributed by atoms with Gasteiger partial charge in [-0.15, -0.1) is 8.42 Å². The molecule has 11 heteroatoms. The zero-order valence-electron chi connectivity index (χ0n) is 21.4. The average Bonchev–Trinajstić information content (AvgIpc) is 2.76. The zero-order valence-corrected chi connectivity index (χ0v) is 23.0. The second-order valence-electron chi connectivity index (χ2n) is 10.1. The van der Waals surface area contributed by atoms with Crippen molar-refractivity contribution in [3.05, 3.63) is 73.1 Å². The molecule has 3 aromatic rings. The first kappa shape index (κ1) is 28.8. The van der Waals surface area contributed by atoms with Gasteiger partial charge in [0.05, 0.1) is 25.0 Å². The van der Waals surface area contributed by atoms with E-state index in [-0.39, 0.29) is 14.7 Å². The van der Waals surface area contributed by atoms with Gasteiger partial charge < -0.3 is 9.47 Å². The molecule has 0 amide bonds. The van der Waals surface area contributed by atoms with Crippen LogP contribution in [0.25, 0.3) is 0 Å². The summed E-state index contributed by atoms with van der Waals surface area (Å²) in [6.07, 6.45) is 2.79. The predicted octanol–water partition coefficient (Wildman–Crippen LogP) is 7.58. The third-order valence-corrected chi connectivity index (χ3v) is 9.75. The Balaban J connectivity index is 2.29. The smallest absolute Gasteiger partial charge is 0.488 e. The van der Waals surface area contributed by atoms with Gasteiger partial charge in [-0.05, 0) is 102 Å². The van der Waals surface area contributed by atoms with E-state index in [4.69, 9.17) is 9.47 Å². The maximum atomic E-state index is 13.7. The lowest BCUT2D eigenvalue weighted by Crippen LogP contribution is -2.30. The molecule has 0 aliphatic carbocycles. The second-order valence-corrected chi connectivity index (χ2v) is 14.7. The van der Waals surface area contributed by atoms with E-state index in [2.05, 4.69) is 8.61 Å². The van der Waals surface area contributed by atoms with E-state index in [9.17, 15) is 21.6 Å². The topological polar surface area (TPSA) is 78.3 Å².